The minimum absolute atomic E-state index is 0.0385. The smallest absolute Gasteiger partial charge is 0.416 e. The van der Waals surface area contributed by atoms with Crippen LogP contribution in [0.5, 0.6) is 0 Å². The van der Waals surface area contributed by atoms with E-state index in [9.17, 15) is 27.2 Å². The van der Waals surface area contributed by atoms with Crippen molar-refractivity contribution in [1.29, 1.82) is 0 Å². The zero-order valence-corrected chi connectivity index (χ0v) is 18.2. The lowest BCUT2D eigenvalue weighted by atomic mass is 9.94. The number of aliphatic carboxylic acids is 1. The van der Waals surface area contributed by atoms with Crippen LogP contribution in [0.15, 0.2) is 60.7 Å². The Morgan fingerprint density at radius 3 is 2.57 bits per heavy atom. The predicted octanol–water partition coefficient (Wildman–Crippen LogP) is 5.76. The van der Waals surface area contributed by atoms with Crippen molar-refractivity contribution in [3.63, 3.8) is 0 Å². The Morgan fingerprint density at radius 2 is 1.83 bits per heavy atom. The third kappa shape index (κ3) is 4.22. The lowest BCUT2D eigenvalue weighted by molar-refractivity contribution is -0.138. The first-order valence-electron chi connectivity index (χ1n) is 10.9. The normalized spacial score (nSPS) is 18.9. The Balaban J connectivity index is 1.59. The van der Waals surface area contributed by atoms with E-state index in [1.165, 1.54) is 17.0 Å². The molecule has 1 N–H and O–H groups in total. The highest BCUT2D eigenvalue weighted by Crippen LogP contribution is 2.44. The molecule has 35 heavy (non-hydrogen) atoms. The summed E-state index contributed by atoms with van der Waals surface area (Å²) >= 11 is 0. The molecule has 2 aliphatic rings. The number of carboxylic acids is 1. The number of ether oxygens (including phenoxy) is 1. The largest absolute Gasteiger partial charge is 0.481 e. The van der Waals surface area contributed by atoms with Crippen molar-refractivity contribution in [2.75, 3.05) is 0 Å². The highest BCUT2D eigenvalue weighted by Gasteiger charge is 2.47. The van der Waals surface area contributed by atoms with Crippen LogP contribution < -0.4 is 0 Å². The molecule has 0 saturated carbocycles. The molecule has 3 aromatic carbocycles. The third-order valence-corrected chi connectivity index (χ3v) is 6.42. The summed E-state index contributed by atoms with van der Waals surface area (Å²) in [4.78, 5) is 25.2. The van der Waals surface area contributed by atoms with Crippen molar-refractivity contribution in [2.45, 2.75) is 37.7 Å². The van der Waals surface area contributed by atoms with E-state index >= 15 is 0 Å². The van der Waals surface area contributed by atoms with Gasteiger partial charge in [-0.2, -0.15) is 13.2 Å². The molecule has 0 aromatic heterocycles. The lowest BCUT2D eigenvalue weighted by Gasteiger charge is -2.24. The van der Waals surface area contributed by atoms with Crippen LogP contribution in [0.3, 0.4) is 0 Å². The van der Waals surface area contributed by atoms with E-state index in [0.717, 1.165) is 35.4 Å². The van der Waals surface area contributed by atoms with E-state index in [4.69, 9.17) is 9.84 Å². The van der Waals surface area contributed by atoms with E-state index in [2.05, 4.69) is 0 Å². The summed E-state index contributed by atoms with van der Waals surface area (Å²) in [5.41, 5.74) is 1.41. The van der Waals surface area contributed by atoms with Gasteiger partial charge >= 0.3 is 18.2 Å². The molecule has 0 radical (unpaired) electrons. The summed E-state index contributed by atoms with van der Waals surface area (Å²) in [6.45, 7) is -0.240. The van der Waals surface area contributed by atoms with Crippen LogP contribution in [-0.4, -0.2) is 28.2 Å². The first-order valence-corrected chi connectivity index (χ1v) is 10.9. The summed E-state index contributed by atoms with van der Waals surface area (Å²) in [5.74, 6) is -1.84. The molecule has 1 fully saturated rings. The number of carbonyl (C=O) groups is 2. The number of halogens is 4. The van der Waals surface area contributed by atoms with E-state index in [0.29, 0.717) is 12.0 Å². The fourth-order valence-corrected chi connectivity index (χ4v) is 4.90. The Hall–Kier alpha value is -3.88. The van der Waals surface area contributed by atoms with Gasteiger partial charge < -0.3 is 9.84 Å². The summed E-state index contributed by atoms with van der Waals surface area (Å²) < 4.78 is 61.0. The van der Waals surface area contributed by atoms with Crippen molar-refractivity contribution in [3.05, 3.63) is 94.3 Å². The highest BCUT2D eigenvalue weighted by atomic mass is 19.4. The van der Waals surface area contributed by atoms with Crippen LogP contribution in [0, 0.1) is 5.82 Å². The van der Waals surface area contributed by atoms with Crippen LogP contribution in [-0.2, 0) is 35.1 Å². The Labute approximate surface area is 197 Å². The Kier molecular flexibility index (Phi) is 5.50. The second-order valence-corrected chi connectivity index (χ2v) is 8.65. The van der Waals surface area contributed by atoms with E-state index in [1.807, 2.05) is 24.3 Å². The SMILES string of the molecule is O=C(O)Cc1ccc(F)c(-c2ccc(C(F)(F)F)cc2CN2C(=O)O[C@@H]3Cc4ccccc4[C@@H]32)c1. The van der Waals surface area contributed by atoms with Gasteiger partial charge in [0.1, 0.15) is 11.9 Å². The van der Waals surface area contributed by atoms with Gasteiger partial charge in [0.25, 0.3) is 0 Å². The molecule has 1 aliphatic carbocycles. The van der Waals surface area contributed by atoms with Gasteiger partial charge in [-0.3, -0.25) is 9.69 Å². The van der Waals surface area contributed by atoms with Gasteiger partial charge in [0, 0.05) is 12.0 Å². The second-order valence-electron chi connectivity index (χ2n) is 8.65. The molecule has 0 spiro atoms. The maximum Gasteiger partial charge on any atom is 0.416 e. The van der Waals surface area contributed by atoms with Gasteiger partial charge in [0.2, 0.25) is 0 Å². The minimum Gasteiger partial charge on any atom is -0.481 e. The molecule has 5 nitrogen and oxygen atoms in total. The van der Waals surface area contributed by atoms with Crippen molar-refractivity contribution < 1.29 is 37.0 Å². The topological polar surface area (TPSA) is 66.8 Å². The second kappa shape index (κ2) is 8.41. The average molecular weight is 485 g/mol. The van der Waals surface area contributed by atoms with Gasteiger partial charge in [-0.05, 0) is 52.1 Å². The molecule has 180 valence electrons. The van der Waals surface area contributed by atoms with Crippen LogP contribution in [0.4, 0.5) is 22.4 Å². The summed E-state index contributed by atoms with van der Waals surface area (Å²) in [5, 5.41) is 9.09. The van der Waals surface area contributed by atoms with Crippen molar-refractivity contribution in [2.24, 2.45) is 0 Å². The first kappa shape index (κ1) is 22.9. The number of fused-ring (bicyclic) bond motifs is 3. The van der Waals surface area contributed by atoms with Crippen LogP contribution in [0.25, 0.3) is 11.1 Å². The number of hydrogen-bond donors (Lipinski definition) is 1. The van der Waals surface area contributed by atoms with Gasteiger partial charge in [-0.15, -0.1) is 0 Å². The van der Waals surface area contributed by atoms with E-state index in [-0.39, 0.29) is 29.7 Å². The molecule has 5 rings (SSSR count). The number of hydrogen-bond acceptors (Lipinski definition) is 3. The molecule has 1 aliphatic heterocycles. The molecule has 0 unspecified atom stereocenters. The number of carboxylic acid groups (broad SMARTS) is 1. The van der Waals surface area contributed by atoms with Crippen LogP contribution in [0.1, 0.15) is 33.9 Å². The summed E-state index contributed by atoms with van der Waals surface area (Å²) in [6.07, 6.45) is -5.62. The Morgan fingerprint density at radius 1 is 1.06 bits per heavy atom. The molecule has 0 bridgehead atoms. The molecule has 9 heteroatoms. The fourth-order valence-electron chi connectivity index (χ4n) is 4.90. The standard InChI is InChI=1S/C26H19F4NO4/c27-21-8-5-14(10-23(32)33)9-20(21)18-7-6-17(26(28,29)30)11-16(18)13-31-24-19-4-2-1-3-15(19)12-22(24)35-25(31)34/h1-9,11,22,24H,10,12-13H2,(H,32,33)/t22-,24+/m1/s1. The predicted molar refractivity (Wildman–Crippen MR) is 117 cm³/mol. The molecule has 1 amide bonds. The number of benzene rings is 3. The molecular weight excluding hydrogens is 466 g/mol. The monoisotopic (exact) mass is 485 g/mol. The van der Waals surface area contributed by atoms with Crippen LogP contribution >= 0.6 is 0 Å². The van der Waals surface area contributed by atoms with Crippen molar-refractivity contribution in [1.82, 2.24) is 4.90 Å². The molecular formula is C26H19F4NO4. The third-order valence-electron chi connectivity index (χ3n) is 6.42. The molecule has 1 heterocycles. The quantitative estimate of drug-likeness (QED) is 0.467. The minimum atomic E-state index is -4.65. The highest BCUT2D eigenvalue weighted by molar-refractivity contribution is 5.75. The van der Waals surface area contributed by atoms with Gasteiger partial charge in [-0.1, -0.05) is 36.4 Å². The summed E-state index contributed by atoms with van der Waals surface area (Å²) in [7, 11) is 0. The van der Waals surface area contributed by atoms with Crippen molar-refractivity contribution in [3.8, 4) is 11.1 Å². The van der Waals surface area contributed by atoms with Gasteiger partial charge in [0.15, 0.2) is 0 Å². The number of carbonyl (C=O) groups excluding carboxylic acids is 1. The van der Waals surface area contributed by atoms with Gasteiger partial charge in [-0.25, -0.2) is 9.18 Å². The Bertz CT molecular complexity index is 1340. The lowest BCUT2D eigenvalue weighted by Crippen LogP contribution is -2.28. The van der Waals surface area contributed by atoms with Crippen molar-refractivity contribution >= 4 is 12.1 Å². The van der Waals surface area contributed by atoms with E-state index < -0.39 is 41.8 Å². The fraction of sp³-hybridized carbons (Fsp3) is 0.231. The zero-order valence-electron chi connectivity index (χ0n) is 18.2. The zero-order chi connectivity index (χ0) is 24.9. The number of amides is 1. The van der Waals surface area contributed by atoms with Crippen LogP contribution in [0.2, 0.25) is 0 Å². The maximum atomic E-state index is 14.8. The first-order chi connectivity index (χ1) is 16.6. The average Bonchev–Trinajstić information content (AvgIpc) is 3.29. The van der Waals surface area contributed by atoms with E-state index in [1.54, 1.807) is 0 Å². The molecule has 2 atom stereocenters. The molecule has 3 aromatic rings. The van der Waals surface area contributed by atoms with Gasteiger partial charge in [0.05, 0.1) is 24.6 Å². The maximum absolute atomic E-state index is 14.8. The number of rotatable bonds is 5. The molecule has 1 saturated heterocycles. The number of alkyl halides is 3. The number of nitrogens with zero attached hydrogens (tertiary/aromatic N) is 1. The summed E-state index contributed by atoms with van der Waals surface area (Å²) in [6, 6.07) is 13.6.